The summed E-state index contributed by atoms with van der Waals surface area (Å²) >= 11 is 5.80. The lowest BCUT2D eigenvalue weighted by Crippen LogP contribution is -2.27. The summed E-state index contributed by atoms with van der Waals surface area (Å²) in [6.07, 6.45) is 0.141. The highest BCUT2D eigenvalue weighted by molar-refractivity contribution is 6.29. The van der Waals surface area contributed by atoms with Crippen LogP contribution in [0.2, 0.25) is 5.28 Å². The van der Waals surface area contributed by atoms with E-state index in [1.54, 1.807) is 36.4 Å². The van der Waals surface area contributed by atoms with Gasteiger partial charge >= 0.3 is 0 Å². The Morgan fingerprint density at radius 1 is 1.23 bits per heavy atom. The molecule has 1 heterocycles. The molecule has 0 saturated carbocycles. The lowest BCUT2D eigenvalue weighted by Gasteiger charge is -2.10. The van der Waals surface area contributed by atoms with Gasteiger partial charge < -0.3 is 20.4 Å². The number of fused-ring (bicyclic) bond motifs is 1. The maximum absolute atomic E-state index is 12.2. The zero-order valence-corrected chi connectivity index (χ0v) is 14.8. The summed E-state index contributed by atoms with van der Waals surface area (Å²) in [7, 11) is 1.54. The minimum absolute atomic E-state index is 0.141. The van der Waals surface area contributed by atoms with Crippen LogP contribution >= 0.6 is 11.6 Å². The van der Waals surface area contributed by atoms with Crippen LogP contribution < -0.4 is 15.4 Å². The topological polar surface area (TPSA) is 96.1 Å². The van der Waals surface area contributed by atoms with Crippen molar-refractivity contribution in [2.45, 2.75) is 6.42 Å². The van der Waals surface area contributed by atoms with Crippen LogP contribution in [0.25, 0.3) is 11.0 Å². The number of nitrogens with one attached hydrogen (secondary N) is 3. The van der Waals surface area contributed by atoms with E-state index in [9.17, 15) is 9.59 Å². The average molecular weight is 373 g/mol. The monoisotopic (exact) mass is 372 g/mol. The fourth-order valence-corrected chi connectivity index (χ4v) is 2.66. The van der Waals surface area contributed by atoms with Gasteiger partial charge in [-0.05, 0) is 41.9 Å². The summed E-state index contributed by atoms with van der Waals surface area (Å²) in [5, 5.41) is 5.75. The van der Waals surface area contributed by atoms with E-state index in [-0.39, 0.29) is 30.1 Å². The van der Waals surface area contributed by atoms with Gasteiger partial charge in [-0.25, -0.2) is 4.98 Å². The van der Waals surface area contributed by atoms with Crippen LogP contribution in [-0.4, -0.2) is 35.4 Å². The number of rotatable bonds is 6. The maximum atomic E-state index is 12.2. The lowest BCUT2D eigenvalue weighted by atomic mass is 10.2. The number of nitrogens with zero attached hydrogens (tertiary/aromatic N) is 1. The summed E-state index contributed by atoms with van der Waals surface area (Å²) in [6.45, 7) is 0.210. The Morgan fingerprint density at radius 2 is 2.04 bits per heavy atom. The smallest absolute Gasteiger partial charge is 0.251 e. The molecule has 1 aromatic heterocycles. The molecule has 0 radical (unpaired) electrons. The molecule has 0 atom stereocenters. The number of methoxy groups -OCH3 is 1. The Labute approximate surface area is 154 Å². The van der Waals surface area contributed by atoms with Crippen LogP contribution in [-0.2, 0) is 4.79 Å². The van der Waals surface area contributed by atoms with E-state index in [1.807, 2.05) is 6.07 Å². The highest BCUT2D eigenvalue weighted by Crippen LogP contribution is 2.23. The molecule has 0 bridgehead atoms. The molecule has 3 aromatic rings. The first-order chi connectivity index (χ1) is 12.6. The van der Waals surface area contributed by atoms with Crippen LogP contribution in [0, 0.1) is 0 Å². The van der Waals surface area contributed by atoms with Crippen molar-refractivity contribution in [2.24, 2.45) is 0 Å². The quantitative estimate of drug-likeness (QED) is 0.619. The average Bonchev–Trinajstić information content (AvgIpc) is 3.01. The standard InChI is InChI=1S/C18H17ClN4O3/c1-26-15-5-3-2-4-13(15)21-16(24)8-9-20-17(25)11-6-7-12-14(10-11)23-18(19)22-12/h2-7,10H,8-9H2,1H3,(H,20,25)(H,21,24)(H,22,23). The van der Waals surface area contributed by atoms with Crippen molar-refractivity contribution in [3.63, 3.8) is 0 Å². The highest BCUT2D eigenvalue weighted by atomic mass is 35.5. The van der Waals surface area contributed by atoms with Crippen molar-refractivity contribution >= 4 is 40.1 Å². The van der Waals surface area contributed by atoms with Gasteiger partial charge in [0.25, 0.3) is 5.91 Å². The number of carbonyl (C=O) groups is 2. The largest absolute Gasteiger partial charge is 0.495 e. The Bertz CT molecular complexity index is 955. The van der Waals surface area contributed by atoms with Crippen LogP contribution in [0.3, 0.4) is 0 Å². The van der Waals surface area contributed by atoms with Gasteiger partial charge in [0, 0.05) is 18.5 Å². The number of hydrogen-bond acceptors (Lipinski definition) is 4. The van der Waals surface area contributed by atoms with E-state index >= 15 is 0 Å². The van der Waals surface area contributed by atoms with Crippen molar-refractivity contribution in [1.82, 2.24) is 15.3 Å². The zero-order valence-electron chi connectivity index (χ0n) is 14.0. The molecule has 3 rings (SSSR count). The minimum Gasteiger partial charge on any atom is -0.495 e. The number of para-hydroxylation sites is 2. The predicted octanol–water partition coefficient (Wildman–Crippen LogP) is 2.98. The predicted molar refractivity (Wildman–Crippen MR) is 99.7 cm³/mol. The third-order valence-electron chi connectivity index (χ3n) is 3.73. The van der Waals surface area contributed by atoms with E-state index < -0.39 is 0 Å². The van der Waals surface area contributed by atoms with Gasteiger partial charge in [-0.1, -0.05) is 12.1 Å². The number of ether oxygens (including phenoxy) is 1. The first-order valence-electron chi connectivity index (χ1n) is 7.93. The Morgan fingerprint density at radius 3 is 2.85 bits per heavy atom. The second-order valence-electron chi connectivity index (χ2n) is 5.51. The number of H-pyrrole nitrogens is 1. The van der Waals surface area contributed by atoms with Crippen molar-refractivity contribution in [3.8, 4) is 5.75 Å². The molecule has 0 spiro atoms. The van der Waals surface area contributed by atoms with E-state index in [2.05, 4.69) is 20.6 Å². The fraction of sp³-hybridized carbons (Fsp3) is 0.167. The van der Waals surface area contributed by atoms with Gasteiger partial charge in [0.15, 0.2) is 0 Å². The zero-order chi connectivity index (χ0) is 18.5. The molecule has 3 N–H and O–H groups in total. The SMILES string of the molecule is COc1ccccc1NC(=O)CCNC(=O)c1ccc2nc(Cl)[nH]c2c1. The molecule has 26 heavy (non-hydrogen) atoms. The van der Waals surface area contributed by atoms with E-state index in [1.165, 1.54) is 7.11 Å². The number of aromatic nitrogens is 2. The summed E-state index contributed by atoms with van der Waals surface area (Å²) in [5.74, 6) is 0.0877. The van der Waals surface area contributed by atoms with E-state index in [0.717, 1.165) is 0 Å². The third-order valence-corrected chi connectivity index (χ3v) is 3.91. The van der Waals surface area contributed by atoms with Crippen molar-refractivity contribution in [2.75, 3.05) is 19.0 Å². The summed E-state index contributed by atoms with van der Waals surface area (Å²) in [5.41, 5.74) is 2.41. The first-order valence-corrected chi connectivity index (χ1v) is 8.31. The Kier molecular flexibility index (Phi) is 5.38. The second kappa shape index (κ2) is 7.88. The van der Waals surface area contributed by atoms with Crippen LogP contribution in [0.1, 0.15) is 16.8 Å². The maximum Gasteiger partial charge on any atom is 0.251 e. The number of amides is 2. The van der Waals surface area contributed by atoms with E-state index in [4.69, 9.17) is 16.3 Å². The van der Waals surface area contributed by atoms with E-state index in [0.29, 0.717) is 28.0 Å². The molecular weight excluding hydrogens is 356 g/mol. The molecule has 7 nitrogen and oxygen atoms in total. The molecule has 0 aliphatic carbocycles. The van der Waals surface area contributed by atoms with Gasteiger partial charge in [-0.3, -0.25) is 9.59 Å². The number of anilines is 1. The van der Waals surface area contributed by atoms with Gasteiger partial charge in [0.05, 0.1) is 23.8 Å². The number of benzene rings is 2. The molecule has 2 amide bonds. The van der Waals surface area contributed by atoms with Crippen LogP contribution in [0.15, 0.2) is 42.5 Å². The molecule has 8 heteroatoms. The van der Waals surface area contributed by atoms with Gasteiger partial charge in [0.1, 0.15) is 5.75 Å². The number of aromatic amines is 1. The molecule has 0 unspecified atom stereocenters. The summed E-state index contributed by atoms with van der Waals surface area (Å²) in [4.78, 5) is 31.2. The molecule has 2 aromatic carbocycles. The highest BCUT2D eigenvalue weighted by Gasteiger charge is 2.10. The Balaban J connectivity index is 1.53. The second-order valence-corrected chi connectivity index (χ2v) is 5.87. The number of imidazole rings is 1. The first kappa shape index (κ1) is 17.8. The molecule has 0 aliphatic rings. The van der Waals surface area contributed by atoms with Crippen molar-refractivity contribution < 1.29 is 14.3 Å². The molecular formula is C18H17ClN4O3. The third kappa shape index (κ3) is 4.12. The Hall–Kier alpha value is -3.06. The number of halogens is 1. The number of carbonyl (C=O) groups excluding carboxylic acids is 2. The number of hydrogen-bond donors (Lipinski definition) is 3. The molecule has 0 saturated heterocycles. The summed E-state index contributed by atoms with van der Waals surface area (Å²) < 4.78 is 5.18. The normalized spacial score (nSPS) is 10.5. The van der Waals surface area contributed by atoms with Crippen LogP contribution in [0.4, 0.5) is 5.69 Å². The van der Waals surface area contributed by atoms with Gasteiger partial charge in [-0.15, -0.1) is 0 Å². The van der Waals surface area contributed by atoms with Gasteiger partial charge in [0.2, 0.25) is 11.2 Å². The molecule has 0 fully saturated rings. The fourth-order valence-electron chi connectivity index (χ4n) is 2.47. The molecule has 134 valence electrons. The van der Waals surface area contributed by atoms with Crippen LogP contribution in [0.5, 0.6) is 5.75 Å². The summed E-state index contributed by atoms with van der Waals surface area (Å²) in [6, 6.07) is 12.2. The minimum atomic E-state index is -0.275. The van der Waals surface area contributed by atoms with Gasteiger partial charge in [-0.2, -0.15) is 0 Å². The van der Waals surface area contributed by atoms with Crippen molar-refractivity contribution in [3.05, 3.63) is 53.3 Å². The van der Waals surface area contributed by atoms with Crippen molar-refractivity contribution in [1.29, 1.82) is 0 Å². The molecule has 0 aliphatic heterocycles. The lowest BCUT2D eigenvalue weighted by molar-refractivity contribution is -0.116.